The molecule has 1 heteroatoms. The number of hydrogen-bond acceptors (Lipinski definition) is 1. The van der Waals surface area contributed by atoms with Crippen LogP contribution in [0.3, 0.4) is 0 Å². The number of nitrogens with zero attached hydrogens (tertiary/aromatic N) is 1. The van der Waals surface area contributed by atoms with Crippen molar-refractivity contribution in [2.24, 2.45) is 11.8 Å². The first-order valence-electron chi connectivity index (χ1n) is 18.4. The van der Waals surface area contributed by atoms with Gasteiger partial charge in [0.1, 0.15) is 0 Å². The first kappa shape index (κ1) is 29.1. The molecule has 9 rings (SSSR count). The van der Waals surface area contributed by atoms with Crippen LogP contribution in [0.2, 0.25) is 0 Å². The summed E-state index contributed by atoms with van der Waals surface area (Å²) in [5, 5.41) is 0. The maximum Gasteiger partial charge on any atom is 0.0496 e. The molecule has 0 aliphatic heterocycles. The lowest BCUT2D eigenvalue weighted by Crippen LogP contribution is -2.18. The van der Waals surface area contributed by atoms with Crippen LogP contribution in [0.4, 0.5) is 17.1 Å². The Kier molecular flexibility index (Phi) is 7.14. The van der Waals surface area contributed by atoms with Crippen LogP contribution in [0.5, 0.6) is 0 Å². The zero-order valence-electron chi connectivity index (χ0n) is 28.1. The Morgan fingerprint density at radius 1 is 0.596 bits per heavy atom. The van der Waals surface area contributed by atoms with Crippen molar-refractivity contribution in [3.63, 3.8) is 0 Å². The largest absolute Gasteiger partial charge is 0.310 e. The average molecular weight is 614 g/mol. The lowest BCUT2D eigenvalue weighted by Gasteiger charge is -2.33. The van der Waals surface area contributed by atoms with E-state index in [2.05, 4.69) is 134 Å². The number of hydrogen-bond donors (Lipinski definition) is 0. The molecule has 0 radical (unpaired) electrons. The highest BCUT2D eigenvalue weighted by molar-refractivity contribution is 5.90. The summed E-state index contributed by atoms with van der Waals surface area (Å²) in [6.07, 6.45) is 12.4. The lowest BCUT2D eigenvalue weighted by molar-refractivity contribution is 0.420. The van der Waals surface area contributed by atoms with Gasteiger partial charge in [-0.2, -0.15) is 0 Å². The number of fused-ring (bicyclic) bond motifs is 5. The molecular formula is C46H47N. The van der Waals surface area contributed by atoms with Gasteiger partial charge in [0.05, 0.1) is 0 Å². The summed E-state index contributed by atoms with van der Waals surface area (Å²) in [5.41, 5.74) is 15.1. The molecule has 0 spiro atoms. The van der Waals surface area contributed by atoms with Crippen LogP contribution in [0.25, 0.3) is 22.3 Å². The van der Waals surface area contributed by atoms with Crippen molar-refractivity contribution in [1.82, 2.24) is 0 Å². The lowest BCUT2D eigenvalue weighted by atomic mass is 9.78. The highest BCUT2D eigenvalue weighted by atomic mass is 15.1. The third-order valence-electron chi connectivity index (χ3n) is 12.5. The van der Waals surface area contributed by atoms with Gasteiger partial charge in [0.2, 0.25) is 0 Å². The maximum absolute atomic E-state index is 2.59. The van der Waals surface area contributed by atoms with E-state index in [-0.39, 0.29) is 5.41 Å². The molecule has 4 aliphatic rings. The van der Waals surface area contributed by atoms with Gasteiger partial charge in [0.15, 0.2) is 0 Å². The average Bonchev–Trinajstić information content (AvgIpc) is 3.83. The summed E-state index contributed by atoms with van der Waals surface area (Å²) in [6, 6.07) is 44.3. The normalized spacial score (nSPS) is 22.6. The molecule has 5 aromatic rings. The van der Waals surface area contributed by atoms with E-state index in [0.717, 1.165) is 17.8 Å². The summed E-state index contributed by atoms with van der Waals surface area (Å²) in [5.74, 6) is 3.24. The van der Waals surface area contributed by atoms with Crippen LogP contribution in [0, 0.1) is 11.8 Å². The molecule has 0 saturated heterocycles. The first-order valence-corrected chi connectivity index (χ1v) is 18.4. The van der Waals surface area contributed by atoms with Crippen LogP contribution in [-0.2, 0) is 5.41 Å². The van der Waals surface area contributed by atoms with Gasteiger partial charge in [-0.05, 0) is 131 Å². The van der Waals surface area contributed by atoms with Crippen LogP contribution < -0.4 is 4.90 Å². The minimum atomic E-state index is -0.118. The molecule has 3 fully saturated rings. The summed E-state index contributed by atoms with van der Waals surface area (Å²) in [4.78, 5) is 2.59. The Morgan fingerprint density at radius 2 is 1.34 bits per heavy atom. The first-order chi connectivity index (χ1) is 23.1. The highest BCUT2D eigenvalue weighted by Crippen LogP contribution is 2.55. The number of anilines is 3. The summed E-state index contributed by atoms with van der Waals surface area (Å²) in [7, 11) is 0. The van der Waals surface area contributed by atoms with Crippen LogP contribution >= 0.6 is 0 Å². The van der Waals surface area contributed by atoms with E-state index in [9.17, 15) is 0 Å². The van der Waals surface area contributed by atoms with Gasteiger partial charge in [-0.1, -0.05) is 124 Å². The topological polar surface area (TPSA) is 3.24 Å². The second-order valence-electron chi connectivity index (χ2n) is 15.6. The van der Waals surface area contributed by atoms with Gasteiger partial charge in [-0.25, -0.2) is 0 Å². The van der Waals surface area contributed by atoms with E-state index in [0.29, 0.717) is 5.92 Å². The molecular weight excluding hydrogens is 567 g/mol. The van der Waals surface area contributed by atoms with Crippen molar-refractivity contribution >= 4 is 17.1 Å². The second-order valence-corrected chi connectivity index (χ2v) is 15.6. The second kappa shape index (κ2) is 11.6. The minimum Gasteiger partial charge on any atom is -0.310 e. The zero-order valence-corrected chi connectivity index (χ0v) is 28.1. The van der Waals surface area contributed by atoms with Crippen molar-refractivity contribution in [2.45, 2.75) is 88.9 Å². The molecule has 0 aromatic heterocycles. The molecule has 3 atom stereocenters. The van der Waals surface area contributed by atoms with Crippen LogP contribution in [0.15, 0.2) is 115 Å². The Morgan fingerprint density at radius 3 is 2.11 bits per heavy atom. The monoisotopic (exact) mass is 613 g/mol. The molecule has 0 heterocycles. The molecule has 0 amide bonds. The molecule has 1 nitrogen and oxygen atoms in total. The number of benzene rings is 5. The standard InChI is InChI=1S/C46H47N/c1-46(2)43-30-37(26-27-40(43)41-18-11-17-39(45(41)46)33-14-7-4-8-15-33)47(44-19-10-9-16-38(44)32-12-5-3-6-13-32)36-24-22-34(23-25-36)42-29-31-20-21-35(42)28-31/h4,7-11,14-19,22-27,30-32,35,42H,3,5-6,12-13,20-21,28-29H2,1-2H3. The Labute approximate surface area is 281 Å². The molecule has 236 valence electrons. The molecule has 2 bridgehead atoms. The van der Waals surface area contributed by atoms with E-state index in [1.165, 1.54) is 114 Å². The molecule has 3 unspecified atom stereocenters. The van der Waals surface area contributed by atoms with E-state index in [1.807, 2.05) is 0 Å². The van der Waals surface area contributed by atoms with Gasteiger partial charge in [0, 0.05) is 22.5 Å². The quantitative estimate of drug-likeness (QED) is 0.184. The van der Waals surface area contributed by atoms with E-state index >= 15 is 0 Å². The number of para-hydroxylation sites is 1. The maximum atomic E-state index is 2.59. The predicted molar refractivity (Wildman–Crippen MR) is 198 cm³/mol. The van der Waals surface area contributed by atoms with Gasteiger partial charge in [-0.3, -0.25) is 0 Å². The molecule has 4 aliphatic carbocycles. The fourth-order valence-corrected chi connectivity index (χ4v) is 10.3. The third-order valence-corrected chi connectivity index (χ3v) is 12.5. The Hall–Kier alpha value is -4.10. The van der Waals surface area contributed by atoms with Gasteiger partial charge < -0.3 is 4.90 Å². The van der Waals surface area contributed by atoms with Crippen molar-refractivity contribution in [3.05, 3.63) is 138 Å². The minimum absolute atomic E-state index is 0.118. The van der Waals surface area contributed by atoms with E-state index < -0.39 is 0 Å². The van der Waals surface area contributed by atoms with Crippen molar-refractivity contribution in [1.29, 1.82) is 0 Å². The molecule has 5 aromatic carbocycles. The fourth-order valence-electron chi connectivity index (χ4n) is 10.3. The predicted octanol–water partition coefficient (Wildman–Crippen LogP) is 13.1. The summed E-state index contributed by atoms with van der Waals surface area (Å²) < 4.78 is 0. The van der Waals surface area contributed by atoms with Crippen LogP contribution in [0.1, 0.15) is 106 Å². The van der Waals surface area contributed by atoms with E-state index in [4.69, 9.17) is 0 Å². The molecule has 3 saturated carbocycles. The van der Waals surface area contributed by atoms with E-state index in [1.54, 1.807) is 5.56 Å². The van der Waals surface area contributed by atoms with Crippen molar-refractivity contribution in [2.75, 3.05) is 4.90 Å². The van der Waals surface area contributed by atoms with Gasteiger partial charge >= 0.3 is 0 Å². The summed E-state index contributed by atoms with van der Waals surface area (Å²) >= 11 is 0. The number of rotatable bonds is 6. The Balaban J connectivity index is 1.17. The van der Waals surface area contributed by atoms with Crippen molar-refractivity contribution in [3.8, 4) is 22.3 Å². The zero-order chi connectivity index (χ0) is 31.5. The third kappa shape index (κ3) is 4.88. The van der Waals surface area contributed by atoms with Crippen LogP contribution in [-0.4, -0.2) is 0 Å². The summed E-state index contributed by atoms with van der Waals surface area (Å²) in [6.45, 7) is 4.86. The van der Waals surface area contributed by atoms with Gasteiger partial charge in [-0.15, -0.1) is 0 Å². The smallest absolute Gasteiger partial charge is 0.0496 e. The highest BCUT2D eigenvalue weighted by Gasteiger charge is 2.41. The fraction of sp³-hybridized carbons (Fsp3) is 0.348. The molecule has 0 N–H and O–H groups in total. The SMILES string of the molecule is CC1(C)c2cc(N(c3ccc(C4CC5CCC4C5)cc3)c3ccccc3C3CCCCC3)ccc2-c2cccc(-c3ccccc3)c21. The Bertz CT molecular complexity index is 1910. The molecule has 47 heavy (non-hydrogen) atoms. The van der Waals surface area contributed by atoms with Crippen molar-refractivity contribution < 1.29 is 0 Å². The van der Waals surface area contributed by atoms with Gasteiger partial charge in [0.25, 0.3) is 0 Å².